The molecule has 0 heterocycles. The topological polar surface area (TPSA) is 46.5 Å². The van der Waals surface area contributed by atoms with Gasteiger partial charge in [-0.1, -0.05) is 6.08 Å². The molecule has 0 radical (unpaired) electrons. The summed E-state index contributed by atoms with van der Waals surface area (Å²) in [4.78, 5) is 0. The van der Waals surface area contributed by atoms with Crippen LogP contribution in [0.15, 0.2) is 12.7 Å². The fourth-order valence-electron chi connectivity index (χ4n) is 0.331. The van der Waals surface area contributed by atoms with Gasteiger partial charge in [0.15, 0.2) is 0 Å². The van der Waals surface area contributed by atoms with Crippen LogP contribution in [0.1, 0.15) is 0 Å². The van der Waals surface area contributed by atoms with Gasteiger partial charge in [-0.25, -0.2) is 0 Å². The van der Waals surface area contributed by atoms with Crippen LogP contribution in [0.2, 0.25) is 0 Å². The molecule has 0 aliphatic rings. The number of hydrogen-bond donors (Lipinski definition) is 1. The maximum atomic E-state index is 9.89. The van der Waals surface area contributed by atoms with Crippen LogP contribution in [-0.4, -0.2) is 26.9 Å². The summed E-state index contributed by atoms with van der Waals surface area (Å²) in [6.07, 6.45) is 1.78. The van der Waals surface area contributed by atoms with Gasteiger partial charge < -0.3 is 0 Å². The van der Waals surface area contributed by atoms with Gasteiger partial charge in [0.1, 0.15) is 0 Å². The first-order valence-electron chi connectivity index (χ1n) is 2.70. The highest BCUT2D eigenvalue weighted by molar-refractivity contribution is 7.99. The molecule has 10 heavy (non-hydrogen) atoms. The molecule has 5 heteroatoms. The summed E-state index contributed by atoms with van der Waals surface area (Å²) in [6, 6.07) is 0. The average Bonchev–Trinajstić information content (AvgIpc) is 1.87. The third-order valence-corrected chi connectivity index (χ3v) is 1.94. The van der Waals surface area contributed by atoms with Crippen LogP contribution in [0.4, 0.5) is 0 Å². The molecular formula is C5H10O3S2. The lowest BCUT2D eigenvalue weighted by Crippen LogP contribution is -1.99. The highest BCUT2D eigenvalue weighted by atomic mass is 32.2. The van der Waals surface area contributed by atoms with Crippen LogP contribution in [-0.2, 0) is 15.5 Å². The molecule has 0 spiro atoms. The van der Waals surface area contributed by atoms with Crippen LogP contribution in [0.3, 0.4) is 0 Å². The van der Waals surface area contributed by atoms with Crippen LogP contribution in [0, 0.1) is 0 Å². The SMILES string of the molecule is C=CCSCCOS(=O)O. The first kappa shape index (κ1) is 10.2. The molecule has 0 amide bonds. The van der Waals surface area contributed by atoms with Crippen molar-refractivity contribution in [2.24, 2.45) is 0 Å². The Bertz CT molecular complexity index is 115. The second-order valence-electron chi connectivity index (χ2n) is 1.40. The van der Waals surface area contributed by atoms with E-state index in [4.69, 9.17) is 4.55 Å². The summed E-state index contributed by atoms with van der Waals surface area (Å²) in [5.41, 5.74) is 0. The molecule has 0 rings (SSSR count). The van der Waals surface area contributed by atoms with Gasteiger partial charge in [0.2, 0.25) is 0 Å². The molecule has 0 aromatic heterocycles. The quantitative estimate of drug-likeness (QED) is 0.379. The lowest BCUT2D eigenvalue weighted by Gasteiger charge is -1.95. The molecule has 0 aromatic carbocycles. The van der Waals surface area contributed by atoms with Gasteiger partial charge in [-0.05, 0) is 0 Å². The third-order valence-electron chi connectivity index (χ3n) is 0.648. The molecule has 0 bridgehead atoms. The zero-order chi connectivity index (χ0) is 7.82. The van der Waals surface area contributed by atoms with Crippen molar-refractivity contribution in [3.8, 4) is 0 Å². The standard InChI is InChI=1S/C5H10O3S2/c1-2-4-9-5-3-8-10(6)7/h2H,1,3-5H2,(H,6,7). The Balaban J connectivity index is 2.90. The fourth-order valence-corrected chi connectivity index (χ4v) is 1.20. The zero-order valence-corrected chi connectivity index (χ0v) is 7.12. The van der Waals surface area contributed by atoms with Crippen LogP contribution >= 0.6 is 11.8 Å². The smallest absolute Gasteiger partial charge is 0.284 e. The molecule has 0 aliphatic heterocycles. The van der Waals surface area contributed by atoms with Gasteiger partial charge in [-0.15, -0.1) is 6.58 Å². The van der Waals surface area contributed by atoms with Gasteiger partial charge in [-0.2, -0.15) is 16.0 Å². The van der Waals surface area contributed by atoms with Crippen LogP contribution in [0.5, 0.6) is 0 Å². The van der Waals surface area contributed by atoms with Crippen molar-refractivity contribution in [3.63, 3.8) is 0 Å². The molecule has 1 unspecified atom stereocenters. The van der Waals surface area contributed by atoms with Crippen molar-refractivity contribution in [1.82, 2.24) is 0 Å². The molecular weight excluding hydrogens is 172 g/mol. The molecule has 0 saturated heterocycles. The minimum atomic E-state index is -2.11. The van der Waals surface area contributed by atoms with Crippen molar-refractivity contribution in [1.29, 1.82) is 0 Å². The first-order chi connectivity index (χ1) is 4.77. The minimum Gasteiger partial charge on any atom is -0.284 e. The lowest BCUT2D eigenvalue weighted by atomic mass is 10.8. The third kappa shape index (κ3) is 8.16. The predicted molar refractivity (Wildman–Crippen MR) is 44.2 cm³/mol. The lowest BCUT2D eigenvalue weighted by molar-refractivity contribution is 0.328. The van der Waals surface area contributed by atoms with E-state index in [9.17, 15) is 4.21 Å². The normalized spacial score (nSPS) is 12.9. The molecule has 0 aliphatic carbocycles. The number of thioether (sulfide) groups is 1. The van der Waals surface area contributed by atoms with Crippen molar-refractivity contribution in [3.05, 3.63) is 12.7 Å². The molecule has 1 N–H and O–H groups in total. The van der Waals surface area contributed by atoms with Gasteiger partial charge in [-0.3, -0.25) is 8.74 Å². The summed E-state index contributed by atoms with van der Waals surface area (Å²) in [5, 5.41) is 0. The minimum absolute atomic E-state index is 0.307. The van der Waals surface area contributed by atoms with Gasteiger partial charge in [0.05, 0.1) is 6.61 Å². The van der Waals surface area contributed by atoms with Gasteiger partial charge >= 0.3 is 11.4 Å². The van der Waals surface area contributed by atoms with E-state index in [0.29, 0.717) is 6.61 Å². The summed E-state index contributed by atoms with van der Waals surface area (Å²) < 4.78 is 22.4. The van der Waals surface area contributed by atoms with E-state index in [1.165, 1.54) is 0 Å². The first-order valence-corrected chi connectivity index (χ1v) is 4.88. The average molecular weight is 182 g/mol. The maximum absolute atomic E-state index is 9.89. The Morgan fingerprint density at radius 3 is 3.00 bits per heavy atom. The van der Waals surface area contributed by atoms with E-state index in [-0.39, 0.29) is 0 Å². The Kier molecular flexibility index (Phi) is 7.39. The predicted octanol–water partition coefficient (Wildman–Crippen LogP) is 1.06. The van der Waals surface area contributed by atoms with Gasteiger partial charge in [0.25, 0.3) is 0 Å². The van der Waals surface area contributed by atoms with Crippen molar-refractivity contribution >= 4 is 23.1 Å². The Morgan fingerprint density at radius 1 is 1.80 bits per heavy atom. The second-order valence-corrected chi connectivity index (χ2v) is 3.22. The Labute approximate surface area is 67.3 Å². The van der Waals surface area contributed by atoms with Gasteiger partial charge in [0, 0.05) is 11.5 Å². The van der Waals surface area contributed by atoms with E-state index < -0.39 is 11.4 Å². The summed E-state index contributed by atoms with van der Waals surface area (Å²) in [6.45, 7) is 3.83. The molecule has 0 fully saturated rings. The molecule has 1 atom stereocenters. The highest BCUT2D eigenvalue weighted by Gasteiger charge is 1.91. The monoisotopic (exact) mass is 182 g/mol. The Hall–Kier alpha value is 0.160. The molecule has 0 saturated carbocycles. The van der Waals surface area contributed by atoms with Crippen molar-refractivity contribution in [2.45, 2.75) is 0 Å². The highest BCUT2D eigenvalue weighted by Crippen LogP contribution is 1.98. The molecule has 3 nitrogen and oxygen atoms in total. The summed E-state index contributed by atoms with van der Waals surface area (Å²) in [7, 11) is 0. The van der Waals surface area contributed by atoms with Crippen LogP contribution in [0.25, 0.3) is 0 Å². The number of hydrogen-bond acceptors (Lipinski definition) is 3. The van der Waals surface area contributed by atoms with E-state index in [2.05, 4.69) is 10.8 Å². The largest absolute Gasteiger partial charge is 0.301 e. The fraction of sp³-hybridized carbons (Fsp3) is 0.600. The molecule has 60 valence electrons. The van der Waals surface area contributed by atoms with E-state index in [1.807, 2.05) is 0 Å². The van der Waals surface area contributed by atoms with E-state index in [0.717, 1.165) is 11.5 Å². The zero-order valence-electron chi connectivity index (χ0n) is 5.49. The number of rotatable bonds is 6. The maximum Gasteiger partial charge on any atom is 0.301 e. The van der Waals surface area contributed by atoms with Crippen molar-refractivity contribution in [2.75, 3.05) is 18.1 Å². The van der Waals surface area contributed by atoms with Crippen molar-refractivity contribution < 1.29 is 12.9 Å². The van der Waals surface area contributed by atoms with E-state index in [1.54, 1.807) is 17.8 Å². The van der Waals surface area contributed by atoms with Crippen LogP contribution < -0.4 is 0 Å². The summed E-state index contributed by atoms with van der Waals surface area (Å²) in [5.74, 6) is 1.57. The summed E-state index contributed by atoms with van der Waals surface area (Å²) >= 11 is -0.504. The van der Waals surface area contributed by atoms with E-state index >= 15 is 0 Å². The molecule has 0 aromatic rings. The Morgan fingerprint density at radius 2 is 2.50 bits per heavy atom. The second kappa shape index (κ2) is 7.27.